The quantitative estimate of drug-likeness (QED) is 0.267. The van der Waals surface area contributed by atoms with E-state index in [9.17, 15) is 4.79 Å². The van der Waals surface area contributed by atoms with E-state index in [0.717, 1.165) is 35.5 Å². The van der Waals surface area contributed by atoms with E-state index in [1.54, 1.807) is 23.1 Å². The molecule has 2 atom stereocenters. The summed E-state index contributed by atoms with van der Waals surface area (Å²) in [6.45, 7) is 2.67. The van der Waals surface area contributed by atoms with Gasteiger partial charge in [-0.3, -0.25) is 9.78 Å². The molecule has 0 bridgehead atoms. The van der Waals surface area contributed by atoms with E-state index in [4.69, 9.17) is 27.9 Å². The van der Waals surface area contributed by atoms with Crippen LogP contribution < -0.4 is 9.64 Å². The fraction of sp³-hybridized carbons (Fsp3) is 0.250. The maximum absolute atomic E-state index is 12.5. The van der Waals surface area contributed by atoms with Crippen LogP contribution in [0.15, 0.2) is 60.8 Å². The summed E-state index contributed by atoms with van der Waals surface area (Å²) < 4.78 is 5.88. The highest BCUT2D eigenvalue weighted by Crippen LogP contribution is 2.44. The zero-order chi connectivity index (χ0) is 22.0. The van der Waals surface area contributed by atoms with Gasteiger partial charge in [-0.1, -0.05) is 64.3 Å². The number of aromatic nitrogens is 1. The maximum atomic E-state index is 12.5. The van der Waals surface area contributed by atoms with E-state index in [1.165, 1.54) is 5.56 Å². The van der Waals surface area contributed by atoms with Crippen molar-refractivity contribution in [3.05, 3.63) is 87.7 Å². The Balaban J connectivity index is 1.40. The Morgan fingerprint density at radius 1 is 1.06 bits per heavy atom. The molecule has 1 aromatic heterocycles. The van der Waals surface area contributed by atoms with Crippen LogP contribution in [0.25, 0.3) is 0 Å². The van der Waals surface area contributed by atoms with Gasteiger partial charge in [-0.25, -0.2) is 0 Å². The number of anilines is 1. The molecule has 3 aromatic rings. The number of β-lactam (4-membered cyclic amide) rings is 1. The van der Waals surface area contributed by atoms with E-state index in [2.05, 4.69) is 33.9 Å². The SMILES string of the molecule is CCc1ccc(CCOc2ccc(C3C(Br)C(=O)N3c3ccc(Cl)c(Cl)c3)cc2)nc1. The van der Waals surface area contributed by atoms with Gasteiger partial charge in [-0.05, 0) is 53.9 Å². The van der Waals surface area contributed by atoms with Gasteiger partial charge in [0.15, 0.2) is 0 Å². The number of amides is 1. The average molecular weight is 520 g/mol. The van der Waals surface area contributed by atoms with Gasteiger partial charge < -0.3 is 9.64 Å². The van der Waals surface area contributed by atoms with Gasteiger partial charge in [0.25, 0.3) is 0 Å². The van der Waals surface area contributed by atoms with Crippen LogP contribution in [0, 0.1) is 0 Å². The lowest BCUT2D eigenvalue weighted by molar-refractivity contribution is -0.123. The van der Waals surface area contributed by atoms with Crippen molar-refractivity contribution in [3.8, 4) is 5.75 Å². The van der Waals surface area contributed by atoms with Gasteiger partial charge in [0.05, 0.1) is 22.7 Å². The third-order valence-corrected chi connectivity index (χ3v) is 6.98. The first-order chi connectivity index (χ1) is 15.0. The molecular formula is C24H21BrCl2N2O2. The number of benzene rings is 2. The van der Waals surface area contributed by atoms with Crippen LogP contribution in [0.1, 0.15) is 29.8 Å². The number of halogens is 3. The van der Waals surface area contributed by atoms with Crippen molar-refractivity contribution in [1.29, 1.82) is 0 Å². The minimum atomic E-state index is -0.286. The zero-order valence-corrected chi connectivity index (χ0v) is 20.0. The number of aryl methyl sites for hydroxylation is 1. The van der Waals surface area contributed by atoms with E-state index < -0.39 is 0 Å². The van der Waals surface area contributed by atoms with Gasteiger partial charge in [-0.15, -0.1) is 0 Å². The number of nitrogens with zero attached hydrogens (tertiary/aromatic N) is 2. The summed E-state index contributed by atoms with van der Waals surface area (Å²) in [7, 11) is 0. The molecule has 0 saturated carbocycles. The number of alkyl halides is 1. The first-order valence-electron chi connectivity index (χ1n) is 10.1. The second-order valence-electron chi connectivity index (χ2n) is 7.33. The molecule has 160 valence electrons. The molecule has 7 heteroatoms. The van der Waals surface area contributed by atoms with Crippen molar-refractivity contribution >= 4 is 50.7 Å². The van der Waals surface area contributed by atoms with E-state index >= 15 is 0 Å². The summed E-state index contributed by atoms with van der Waals surface area (Å²) in [4.78, 5) is 18.4. The lowest BCUT2D eigenvalue weighted by Gasteiger charge is -2.45. The lowest BCUT2D eigenvalue weighted by Crippen LogP contribution is -2.56. The van der Waals surface area contributed by atoms with Crippen LogP contribution in [0.4, 0.5) is 5.69 Å². The molecule has 0 N–H and O–H groups in total. The lowest BCUT2D eigenvalue weighted by atomic mass is 9.92. The number of pyridine rings is 1. The molecule has 2 unspecified atom stereocenters. The molecule has 0 spiro atoms. The third kappa shape index (κ3) is 4.74. The standard InChI is InChI=1S/C24H21BrCl2N2O2/c1-2-15-3-6-17(28-14-15)11-12-31-19-8-4-16(5-9-19)23-22(25)24(30)29(23)18-7-10-20(26)21(27)13-18/h3-10,13-14,22-23H,2,11-12H2,1H3. The highest BCUT2D eigenvalue weighted by Gasteiger charge is 2.47. The van der Waals surface area contributed by atoms with Crippen LogP contribution in [0.5, 0.6) is 5.75 Å². The van der Waals surface area contributed by atoms with Gasteiger partial charge in [-0.2, -0.15) is 0 Å². The Hall–Kier alpha value is -2.08. The average Bonchev–Trinajstić information content (AvgIpc) is 2.80. The van der Waals surface area contributed by atoms with Gasteiger partial charge in [0.2, 0.25) is 5.91 Å². The number of ether oxygens (including phenoxy) is 1. The van der Waals surface area contributed by atoms with Crippen molar-refractivity contribution in [2.24, 2.45) is 0 Å². The minimum absolute atomic E-state index is 0.00897. The summed E-state index contributed by atoms with van der Waals surface area (Å²) in [5, 5.41) is 0.884. The van der Waals surface area contributed by atoms with Crippen molar-refractivity contribution < 1.29 is 9.53 Å². The number of rotatable bonds is 7. The molecule has 2 aromatic carbocycles. The fourth-order valence-corrected chi connectivity index (χ4v) is 4.60. The number of hydrogen-bond donors (Lipinski definition) is 0. The van der Waals surface area contributed by atoms with Crippen LogP contribution in [-0.2, 0) is 17.6 Å². The van der Waals surface area contributed by atoms with Crippen molar-refractivity contribution in [3.63, 3.8) is 0 Å². The summed E-state index contributed by atoms with van der Waals surface area (Å²) >= 11 is 15.7. The highest BCUT2D eigenvalue weighted by molar-refractivity contribution is 9.10. The predicted octanol–water partition coefficient (Wildman–Crippen LogP) is 6.42. The van der Waals surface area contributed by atoms with Crippen LogP contribution in [0.2, 0.25) is 10.0 Å². The topological polar surface area (TPSA) is 42.4 Å². The zero-order valence-electron chi connectivity index (χ0n) is 16.9. The third-order valence-electron chi connectivity index (χ3n) is 5.35. The number of carbonyl (C=O) groups is 1. The molecule has 1 aliphatic rings. The molecule has 0 aliphatic carbocycles. The van der Waals surface area contributed by atoms with Gasteiger partial charge in [0, 0.05) is 24.0 Å². The van der Waals surface area contributed by atoms with Crippen LogP contribution in [0.3, 0.4) is 0 Å². The van der Waals surface area contributed by atoms with Crippen molar-refractivity contribution in [1.82, 2.24) is 4.98 Å². The smallest absolute Gasteiger partial charge is 0.243 e. The molecule has 4 rings (SSSR count). The van der Waals surface area contributed by atoms with E-state index in [-0.39, 0.29) is 16.8 Å². The molecule has 1 saturated heterocycles. The molecule has 31 heavy (non-hydrogen) atoms. The van der Waals surface area contributed by atoms with Gasteiger partial charge >= 0.3 is 0 Å². The Morgan fingerprint density at radius 3 is 2.48 bits per heavy atom. The Kier molecular flexibility index (Phi) is 6.85. The second-order valence-corrected chi connectivity index (χ2v) is 9.13. The first kappa shape index (κ1) is 22.1. The molecule has 1 fully saturated rings. The van der Waals surface area contributed by atoms with Crippen LogP contribution in [-0.4, -0.2) is 22.3 Å². The monoisotopic (exact) mass is 518 g/mol. The van der Waals surface area contributed by atoms with Crippen molar-refractivity contribution in [2.75, 3.05) is 11.5 Å². The van der Waals surface area contributed by atoms with E-state index in [1.807, 2.05) is 36.5 Å². The molecular weight excluding hydrogens is 499 g/mol. The molecule has 4 nitrogen and oxygen atoms in total. The summed E-state index contributed by atoms with van der Waals surface area (Å²) in [6, 6.07) is 17.1. The normalized spacial score (nSPS) is 18.1. The molecule has 2 heterocycles. The first-order valence-corrected chi connectivity index (χ1v) is 11.7. The molecule has 1 amide bonds. The summed E-state index contributed by atoms with van der Waals surface area (Å²) in [5.41, 5.74) is 3.98. The summed E-state index contributed by atoms with van der Waals surface area (Å²) in [6.07, 6.45) is 3.65. The Bertz CT molecular complexity index is 1070. The van der Waals surface area contributed by atoms with Crippen molar-refractivity contribution in [2.45, 2.75) is 30.6 Å². The Morgan fingerprint density at radius 2 is 1.84 bits per heavy atom. The molecule has 0 radical (unpaired) electrons. The maximum Gasteiger partial charge on any atom is 0.243 e. The molecule has 1 aliphatic heterocycles. The van der Waals surface area contributed by atoms with Gasteiger partial charge in [0.1, 0.15) is 10.6 Å². The number of hydrogen-bond acceptors (Lipinski definition) is 3. The largest absolute Gasteiger partial charge is 0.493 e. The Labute approximate surface area is 200 Å². The second kappa shape index (κ2) is 9.60. The number of carbonyl (C=O) groups excluding carboxylic acids is 1. The highest BCUT2D eigenvalue weighted by atomic mass is 79.9. The summed E-state index contributed by atoms with van der Waals surface area (Å²) in [5.74, 6) is 0.775. The fourth-order valence-electron chi connectivity index (χ4n) is 3.54. The predicted molar refractivity (Wildman–Crippen MR) is 129 cm³/mol. The van der Waals surface area contributed by atoms with Crippen LogP contribution >= 0.6 is 39.1 Å². The van der Waals surface area contributed by atoms with E-state index in [0.29, 0.717) is 16.7 Å². The minimum Gasteiger partial charge on any atom is -0.493 e.